The fourth-order valence-electron chi connectivity index (χ4n) is 3.56. The monoisotopic (exact) mass is 279 g/mol. The summed E-state index contributed by atoms with van der Waals surface area (Å²) in [5.41, 5.74) is 0.628. The Balaban J connectivity index is 1.56. The van der Waals surface area contributed by atoms with E-state index in [-0.39, 0.29) is 24.5 Å². The minimum absolute atomic E-state index is 0.207. The number of aliphatic carboxylic acids is 1. The lowest BCUT2D eigenvalue weighted by molar-refractivity contribution is -0.144. The van der Waals surface area contributed by atoms with Crippen LogP contribution in [0.25, 0.3) is 0 Å². The number of carbonyl (C=O) groups is 2. The molecule has 2 fully saturated rings. The van der Waals surface area contributed by atoms with E-state index in [4.69, 9.17) is 0 Å². The van der Waals surface area contributed by atoms with Gasteiger partial charge in [-0.25, -0.2) is 4.79 Å². The van der Waals surface area contributed by atoms with Crippen LogP contribution in [0.1, 0.15) is 25.0 Å². The van der Waals surface area contributed by atoms with Gasteiger partial charge in [0.15, 0.2) is 0 Å². The molecule has 0 spiro atoms. The highest BCUT2D eigenvalue weighted by Crippen LogP contribution is 2.48. The van der Waals surface area contributed by atoms with Crippen LogP contribution in [0, 0.1) is 17.8 Å². The van der Waals surface area contributed by atoms with Gasteiger partial charge in [0.25, 0.3) is 0 Å². The van der Waals surface area contributed by atoms with Crippen LogP contribution in [-0.4, -0.2) is 28.3 Å². The van der Waals surface area contributed by atoms with Crippen LogP contribution in [0.4, 0.5) is 4.79 Å². The summed E-state index contributed by atoms with van der Waals surface area (Å²) < 4.78 is 4.67. The molecule has 1 aromatic rings. The normalized spacial score (nSPS) is 31.2. The Morgan fingerprint density at radius 3 is 2.90 bits per heavy atom. The molecule has 108 valence electrons. The second-order valence-electron chi connectivity index (χ2n) is 5.54. The van der Waals surface area contributed by atoms with Crippen LogP contribution in [0.5, 0.6) is 0 Å². The second-order valence-corrected chi connectivity index (χ2v) is 5.54. The molecule has 2 aliphatic rings. The van der Waals surface area contributed by atoms with Gasteiger partial charge < -0.3 is 20.3 Å². The van der Waals surface area contributed by atoms with E-state index in [2.05, 4.69) is 20.3 Å². The van der Waals surface area contributed by atoms with Crippen molar-refractivity contribution in [3.8, 4) is 0 Å². The highest BCUT2D eigenvalue weighted by molar-refractivity contribution is 5.77. The maximum absolute atomic E-state index is 11.9. The maximum atomic E-state index is 11.9. The number of carboxylic acid groups (broad SMARTS) is 1. The summed E-state index contributed by atoms with van der Waals surface area (Å²) in [6.45, 7) is 0.265. The minimum Gasteiger partial charge on any atom is -0.481 e. The molecule has 7 nitrogen and oxygen atoms in total. The average molecular weight is 279 g/mol. The third kappa shape index (κ3) is 2.35. The zero-order valence-corrected chi connectivity index (χ0v) is 10.9. The molecule has 20 heavy (non-hydrogen) atoms. The van der Waals surface area contributed by atoms with E-state index < -0.39 is 11.9 Å². The zero-order chi connectivity index (χ0) is 14.1. The third-order valence-corrected chi connectivity index (χ3v) is 4.42. The summed E-state index contributed by atoms with van der Waals surface area (Å²) in [6, 6.07) is 1.05. The van der Waals surface area contributed by atoms with Crippen LogP contribution in [0.3, 0.4) is 0 Å². The maximum Gasteiger partial charge on any atom is 0.315 e. The van der Waals surface area contributed by atoms with E-state index in [1.807, 2.05) is 0 Å². The second kappa shape index (κ2) is 5.15. The molecular formula is C13H17N3O4. The number of carbonyl (C=O) groups excluding carboxylic acids is 1. The Bertz CT molecular complexity index is 502. The molecule has 2 aliphatic carbocycles. The molecule has 7 heteroatoms. The molecule has 0 radical (unpaired) electrons. The molecule has 2 bridgehead atoms. The van der Waals surface area contributed by atoms with Crippen LogP contribution in [0.15, 0.2) is 16.9 Å². The van der Waals surface area contributed by atoms with Crippen molar-refractivity contribution in [2.24, 2.45) is 17.8 Å². The Morgan fingerprint density at radius 2 is 2.20 bits per heavy atom. The van der Waals surface area contributed by atoms with Crippen molar-refractivity contribution >= 4 is 12.0 Å². The Morgan fingerprint density at radius 1 is 1.40 bits per heavy atom. The highest BCUT2D eigenvalue weighted by Gasteiger charge is 2.51. The lowest BCUT2D eigenvalue weighted by Gasteiger charge is -2.28. The van der Waals surface area contributed by atoms with Crippen molar-refractivity contribution < 1.29 is 19.2 Å². The van der Waals surface area contributed by atoms with Crippen molar-refractivity contribution in [1.82, 2.24) is 15.8 Å². The molecule has 4 atom stereocenters. The van der Waals surface area contributed by atoms with E-state index in [1.54, 1.807) is 6.07 Å². The number of nitrogens with zero attached hydrogens (tertiary/aromatic N) is 1. The lowest BCUT2D eigenvalue weighted by Crippen LogP contribution is -2.50. The van der Waals surface area contributed by atoms with Crippen LogP contribution >= 0.6 is 0 Å². The molecule has 2 amide bonds. The van der Waals surface area contributed by atoms with Crippen molar-refractivity contribution in [3.63, 3.8) is 0 Å². The number of urea groups is 1. The number of amides is 2. The Hall–Kier alpha value is -2.05. The van der Waals surface area contributed by atoms with Crippen molar-refractivity contribution in [2.45, 2.75) is 31.8 Å². The summed E-state index contributed by atoms with van der Waals surface area (Å²) in [5, 5.41) is 18.5. The first kappa shape index (κ1) is 13.0. The number of hydrogen-bond acceptors (Lipinski definition) is 4. The predicted octanol–water partition coefficient (Wildman–Crippen LogP) is 0.973. The molecule has 0 aromatic carbocycles. The average Bonchev–Trinajstić information content (AvgIpc) is 3.12. The first-order valence-corrected chi connectivity index (χ1v) is 6.81. The van der Waals surface area contributed by atoms with E-state index in [0.29, 0.717) is 11.6 Å². The number of carboxylic acids is 1. The quantitative estimate of drug-likeness (QED) is 0.762. The van der Waals surface area contributed by atoms with Crippen molar-refractivity contribution in [3.05, 3.63) is 18.0 Å². The third-order valence-electron chi connectivity index (χ3n) is 4.42. The molecule has 0 aliphatic heterocycles. The van der Waals surface area contributed by atoms with E-state index >= 15 is 0 Å². The molecule has 1 aromatic heterocycles. The van der Waals surface area contributed by atoms with E-state index in [9.17, 15) is 14.7 Å². The zero-order valence-electron chi connectivity index (χ0n) is 10.9. The minimum atomic E-state index is -0.806. The summed E-state index contributed by atoms with van der Waals surface area (Å²) in [6.07, 6.45) is 4.31. The number of nitrogens with one attached hydrogen (secondary N) is 2. The topological polar surface area (TPSA) is 104 Å². The number of aromatic nitrogens is 1. The van der Waals surface area contributed by atoms with Crippen LogP contribution in [-0.2, 0) is 11.3 Å². The van der Waals surface area contributed by atoms with Gasteiger partial charge in [0.2, 0.25) is 0 Å². The van der Waals surface area contributed by atoms with Crippen molar-refractivity contribution in [2.75, 3.05) is 0 Å². The van der Waals surface area contributed by atoms with Gasteiger partial charge in [0.05, 0.1) is 12.5 Å². The van der Waals surface area contributed by atoms with Crippen LogP contribution < -0.4 is 10.6 Å². The smallest absolute Gasteiger partial charge is 0.315 e. The largest absolute Gasteiger partial charge is 0.481 e. The van der Waals surface area contributed by atoms with Gasteiger partial charge in [-0.15, -0.1) is 0 Å². The number of rotatable bonds is 4. The summed E-state index contributed by atoms with van der Waals surface area (Å²) in [5.74, 6) is -0.761. The number of fused-ring (bicyclic) bond motifs is 2. The molecule has 3 rings (SSSR count). The number of hydrogen-bond donors (Lipinski definition) is 3. The molecule has 4 unspecified atom stereocenters. The van der Waals surface area contributed by atoms with Gasteiger partial charge in [-0.1, -0.05) is 5.16 Å². The van der Waals surface area contributed by atoms with Gasteiger partial charge in [0, 0.05) is 12.1 Å². The van der Waals surface area contributed by atoms with Gasteiger partial charge in [-0.05, 0) is 31.1 Å². The first-order chi connectivity index (χ1) is 9.65. The first-order valence-electron chi connectivity index (χ1n) is 6.81. The summed E-state index contributed by atoms with van der Waals surface area (Å²) in [7, 11) is 0. The lowest BCUT2D eigenvalue weighted by atomic mass is 9.84. The Kier molecular flexibility index (Phi) is 3.33. The highest BCUT2D eigenvalue weighted by atomic mass is 16.5. The van der Waals surface area contributed by atoms with Gasteiger partial charge in [-0.3, -0.25) is 4.79 Å². The van der Waals surface area contributed by atoms with Gasteiger partial charge in [-0.2, -0.15) is 0 Å². The van der Waals surface area contributed by atoms with E-state index in [0.717, 1.165) is 19.3 Å². The molecular weight excluding hydrogens is 262 g/mol. The molecule has 3 N–H and O–H groups in total. The molecule has 2 saturated carbocycles. The van der Waals surface area contributed by atoms with Crippen molar-refractivity contribution in [1.29, 1.82) is 0 Å². The standard InChI is InChI=1S/C13H17N3O4/c17-12(18)10-7-1-2-8(5-7)11(10)15-13(19)14-6-9-3-4-20-16-9/h3-4,7-8,10-11H,1-2,5-6H2,(H,17,18)(H2,14,15,19). The van der Waals surface area contributed by atoms with Gasteiger partial charge >= 0.3 is 12.0 Å². The summed E-state index contributed by atoms with van der Waals surface area (Å²) >= 11 is 0. The predicted molar refractivity (Wildman–Crippen MR) is 67.6 cm³/mol. The van der Waals surface area contributed by atoms with E-state index in [1.165, 1.54) is 6.26 Å². The SMILES string of the molecule is O=C(NCc1ccon1)NC1C2CCC(C2)C1C(=O)O. The molecule has 1 heterocycles. The summed E-state index contributed by atoms with van der Waals surface area (Å²) in [4.78, 5) is 23.2. The Labute approximate surface area is 115 Å². The van der Waals surface area contributed by atoms with Crippen LogP contribution in [0.2, 0.25) is 0 Å². The van der Waals surface area contributed by atoms with Gasteiger partial charge in [0.1, 0.15) is 12.0 Å². The fraction of sp³-hybridized carbons (Fsp3) is 0.615. The fourth-order valence-corrected chi connectivity index (χ4v) is 3.56. The molecule has 0 saturated heterocycles.